The lowest BCUT2D eigenvalue weighted by atomic mass is 9.96. The van der Waals surface area contributed by atoms with Crippen LogP contribution in [0.5, 0.6) is 0 Å². The molecular formula is C19H21ClN2O2S. The van der Waals surface area contributed by atoms with Gasteiger partial charge in [0.25, 0.3) is 0 Å². The first-order valence-electron chi connectivity index (χ1n) is 8.36. The lowest BCUT2D eigenvalue weighted by Crippen LogP contribution is -2.45. The molecule has 4 nitrogen and oxygen atoms in total. The quantitative estimate of drug-likeness (QED) is 0.863. The van der Waals surface area contributed by atoms with Crippen molar-refractivity contribution in [3.8, 4) is 0 Å². The van der Waals surface area contributed by atoms with Gasteiger partial charge >= 0.3 is 0 Å². The third-order valence-electron chi connectivity index (χ3n) is 4.39. The Morgan fingerprint density at radius 2 is 2.04 bits per heavy atom. The summed E-state index contributed by atoms with van der Waals surface area (Å²) in [5.74, 6) is -0.0152. The second kappa shape index (κ2) is 8.02. The zero-order chi connectivity index (χ0) is 17.8. The van der Waals surface area contributed by atoms with Gasteiger partial charge in [-0.15, -0.1) is 11.3 Å². The first-order valence-corrected chi connectivity index (χ1v) is 9.56. The fraction of sp³-hybridized carbons (Fsp3) is 0.368. The van der Waals surface area contributed by atoms with Crippen LogP contribution in [0.3, 0.4) is 0 Å². The van der Waals surface area contributed by atoms with Crippen molar-refractivity contribution in [2.45, 2.75) is 32.9 Å². The maximum absolute atomic E-state index is 12.5. The molecule has 2 aromatic rings. The van der Waals surface area contributed by atoms with Crippen LogP contribution < -0.4 is 5.32 Å². The molecule has 1 saturated heterocycles. The van der Waals surface area contributed by atoms with Gasteiger partial charge < -0.3 is 10.2 Å². The molecule has 25 heavy (non-hydrogen) atoms. The summed E-state index contributed by atoms with van der Waals surface area (Å²) >= 11 is 7.59. The van der Waals surface area contributed by atoms with Crippen molar-refractivity contribution in [1.82, 2.24) is 10.2 Å². The molecule has 3 rings (SSSR count). The molecule has 0 aliphatic carbocycles. The van der Waals surface area contributed by atoms with Crippen LogP contribution in [0.15, 0.2) is 36.4 Å². The molecule has 0 spiro atoms. The number of amides is 2. The lowest BCUT2D eigenvalue weighted by molar-refractivity contribution is -0.138. The lowest BCUT2D eigenvalue weighted by Gasteiger charge is -2.32. The second-order valence-electron chi connectivity index (χ2n) is 6.37. The van der Waals surface area contributed by atoms with Crippen molar-refractivity contribution in [2.75, 3.05) is 6.54 Å². The number of likely N-dealkylation sites (tertiary alicyclic amines) is 1. The predicted molar refractivity (Wildman–Crippen MR) is 100 cm³/mol. The maximum atomic E-state index is 12.5. The van der Waals surface area contributed by atoms with Crippen molar-refractivity contribution < 1.29 is 9.59 Å². The zero-order valence-corrected chi connectivity index (χ0v) is 15.7. The Labute approximate surface area is 156 Å². The van der Waals surface area contributed by atoms with Crippen LogP contribution in [0.1, 0.15) is 28.2 Å². The number of piperidine rings is 1. The van der Waals surface area contributed by atoms with Gasteiger partial charge in [0.2, 0.25) is 11.8 Å². The molecule has 1 aliphatic rings. The Morgan fingerprint density at radius 1 is 1.28 bits per heavy atom. The van der Waals surface area contributed by atoms with E-state index in [2.05, 4.69) is 18.3 Å². The molecule has 1 fully saturated rings. The molecule has 1 aromatic carbocycles. The van der Waals surface area contributed by atoms with E-state index in [1.165, 1.54) is 4.88 Å². The number of hydrogen-bond acceptors (Lipinski definition) is 3. The number of carbonyl (C=O) groups is 2. The van der Waals surface area contributed by atoms with Crippen LogP contribution in [0.4, 0.5) is 0 Å². The van der Waals surface area contributed by atoms with Crippen molar-refractivity contribution in [1.29, 1.82) is 0 Å². The third kappa shape index (κ3) is 4.83. The molecule has 1 aliphatic heterocycles. The highest BCUT2D eigenvalue weighted by Gasteiger charge is 2.30. The highest BCUT2D eigenvalue weighted by atomic mass is 35.5. The largest absolute Gasteiger partial charge is 0.351 e. The van der Waals surface area contributed by atoms with Gasteiger partial charge in [0.15, 0.2) is 0 Å². The summed E-state index contributed by atoms with van der Waals surface area (Å²) in [6.45, 7) is 3.59. The predicted octanol–water partition coefficient (Wildman–Crippen LogP) is 3.76. The van der Waals surface area contributed by atoms with Crippen molar-refractivity contribution in [2.24, 2.45) is 5.92 Å². The molecule has 1 atom stereocenters. The van der Waals surface area contributed by atoms with Crippen LogP contribution in [0.2, 0.25) is 5.02 Å². The van der Waals surface area contributed by atoms with E-state index in [9.17, 15) is 9.59 Å². The standard InChI is InChI=1S/C19H21ClN2O2S/c1-13-2-8-17(25-13)10-21-19(24)15-5-9-18(23)22(12-15)11-14-3-6-16(20)7-4-14/h2-4,6-8,15H,5,9-12H2,1H3,(H,21,24). The molecular weight excluding hydrogens is 356 g/mol. The molecule has 0 saturated carbocycles. The molecule has 2 amide bonds. The molecule has 1 unspecified atom stereocenters. The number of nitrogens with one attached hydrogen (secondary N) is 1. The molecule has 1 N–H and O–H groups in total. The highest BCUT2D eigenvalue weighted by molar-refractivity contribution is 7.11. The summed E-state index contributed by atoms with van der Waals surface area (Å²) in [4.78, 5) is 28.8. The average Bonchev–Trinajstić information content (AvgIpc) is 3.02. The highest BCUT2D eigenvalue weighted by Crippen LogP contribution is 2.21. The normalized spacial score (nSPS) is 17.6. The first kappa shape index (κ1) is 18.0. The third-order valence-corrected chi connectivity index (χ3v) is 5.64. The molecule has 0 bridgehead atoms. The van der Waals surface area contributed by atoms with Gasteiger partial charge in [0.05, 0.1) is 12.5 Å². The van der Waals surface area contributed by atoms with Crippen molar-refractivity contribution in [3.05, 3.63) is 56.7 Å². The van der Waals surface area contributed by atoms with E-state index < -0.39 is 0 Å². The molecule has 6 heteroatoms. The molecule has 0 radical (unpaired) electrons. The Morgan fingerprint density at radius 3 is 2.72 bits per heavy atom. The van der Waals surface area contributed by atoms with Gasteiger partial charge in [-0.05, 0) is 43.2 Å². The number of aryl methyl sites for hydroxylation is 1. The Hall–Kier alpha value is -1.85. The molecule has 2 heterocycles. The van der Waals surface area contributed by atoms with Gasteiger partial charge in [0.1, 0.15) is 0 Å². The number of rotatable bonds is 5. The Bertz CT molecular complexity index is 757. The van der Waals surface area contributed by atoms with Gasteiger partial charge in [0, 0.05) is 34.3 Å². The van der Waals surface area contributed by atoms with Gasteiger partial charge in [-0.1, -0.05) is 23.7 Å². The van der Waals surface area contributed by atoms with E-state index in [-0.39, 0.29) is 17.7 Å². The minimum Gasteiger partial charge on any atom is -0.351 e. The van der Waals surface area contributed by atoms with Crippen molar-refractivity contribution in [3.63, 3.8) is 0 Å². The van der Waals surface area contributed by atoms with E-state index in [1.54, 1.807) is 16.2 Å². The SMILES string of the molecule is Cc1ccc(CNC(=O)C2CCC(=O)N(Cc3ccc(Cl)cc3)C2)s1. The van der Waals surface area contributed by atoms with E-state index >= 15 is 0 Å². The summed E-state index contributed by atoms with van der Waals surface area (Å²) in [5.41, 5.74) is 1.02. The smallest absolute Gasteiger partial charge is 0.225 e. The van der Waals surface area contributed by atoms with Crippen LogP contribution in [0.25, 0.3) is 0 Å². The summed E-state index contributed by atoms with van der Waals surface area (Å²) in [7, 11) is 0. The van der Waals surface area contributed by atoms with E-state index in [0.29, 0.717) is 37.5 Å². The second-order valence-corrected chi connectivity index (χ2v) is 8.18. The number of benzene rings is 1. The van der Waals surface area contributed by atoms with E-state index in [4.69, 9.17) is 11.6 Å². The topological polar surface area (TPSA) is 49.4 Å². The number of halogens is 1. The maximum Gasteiger partial charge on any atom is 0.225 e. The number of thiophene rings is 1. The van der Waals surface area contributed by atoms with Gasteiger partial charge in [-0.3, -0.25) is 9.59 Å². The Balaban J connectivity index is 1.56. The summed E-state index contributed by atoms with van der Waals surface area (Å²) in [5, 5.41) is 3.68. The van der Waals surface area contributed by atoms with E-state index in [1.807, 2.05) is 30.3 Å². The summed E-state index contributed by atoms with van der Waals surface area (Å²) < 4.78 is 0. The zero-order valence-electron chi connectivity index (χ0n) is 14.1. The van der Waals surface area contributed by atoms with Crippen molar-refractivity contribution >= 4 is 34.8 Å². The van der Waals surface area contributed by atoms with Crippen LogP contribution in [-0.2, 0) is 22.7 Å². The number of hydrogen-bond donors (Lipinski definition) is 1. The fourth-order valence-electron chi connectivity index (χ4n) is 2.99. The van der Waals surface area contributed by atoms with E-state index in [0.717, 1.165) is 10.4 Å². The average molecular weight is 377 g/mol. The molecule has 1 aromatic heterocycles. The van der Waals surface area contributed by atoms with Crippen LogP contribution in [0, 0.1) is 12.8 Å². The first-order chi connectivity index (χ1) is 12.0. The van der Waals surface area contributed by atoms with Gasteiger partial charge in [-0.25, -0.2) is 0 Å². The monoisotopic (exact) mass is 376 g/mol. The van der Waals surface area contributed by atoms with Gasteiger partial charge in [-0.2, -0.15) is 0 Å². The minimum absolute atomic E-state index is 0.0275. The minimum atomic E-state index is -0.147. The summed E-state index contributed by atoms with van der Waals surface area (Å²) in [6, 6.07) is 11.6. The summed E-state index contributed by atoms with van der Waals surface area (Å²) in [6.07, 6.45) is 1.04. The number of carbonyl (C=O) groups excluding carboxylic acids is 2. The molecule has 132 valence electrons. The Kier molecular flexibility index (Phi) is 5.76. The fourth-order valence-corrected chi connectivity index (χ4v) is 3.95. The van der Waals surface area contributed by atoms with Crippen LogP contribution in [-0.4, -0.2) is 23.3 Å². The van der Waals surface area contributed by atoms with Crippen LogP contribution >= 0.6 is 22.9 Å². The number of nitrogens with zero attached hydrogens (tertiary/aromatic N) is 1.